The second-order valence-corrected chi connectivity index (χ2v) is 7.34. The molecule has 0 aliphatic carbocycles. The second-order valence-electron chi connectivity index (χ2n) is 7.34. The van der Waals surface area contributed by atoms with Crippen molar-refractivity contribution >= 4 is 28.6 Å². The zero-order chi connectivity index (χ0) is 20.1. The maximum Gasteiger partial charge on any atom is 0.140 e. The molecule has 0 aliphatic heterocycles. The highest BCUT2D eigenvalue weighted by Gasteiger charge is 2.16. The number of benzene rings is 1. The Morgan fingerprint density at radius 3 is 2.64 bits per heavy atom. The molecule has 0 fully saturated rings. The van der Waals surface area contributed by atoms with Crippen LogP contribution in [0.4, 0.5) is 10.2 Å². The second kappa shape index (κ2) is 8.83. The molecule has 0 radical (unpaired) electrons. The Bertz CT molecular complexity index is 997. The van der Waals surface area contributed by atoms with Gasteiger partial charge in [0.05, 0.1) is 5.69 Å². The summed E-state index contributed by atoms with van der Waals surface area (Å²) in [6.45, 7) is 7.35. The number of aliphatic imine (C=N–C) groups is 1. The largest absolute Gasteiger partial charge is 0.370 e. The van der Waals surface area contributed by atoms with Gasteiger partial charge < -0.3 is 10.3 Å². The summed E-state index contributed by atoms with van der Waals surface area (Å²) in [7, 11) is 1.75. The monoisotopic (exact) mass is 378 g/mol. The van der Waals surface area contributed by atoms with E-state index in [1.807, 2.05) is 19.1 Å². The first-order valence-corrected chi connectivity index (χ1v) is 9.61. The van der Waals surface area contributed by atoms with E-state index in [0.717, 1.165) is 52.2 Å². The number of aromatic nitrogens is 2. The number of hydrogen-bond acceptors (Lipinski definition) is 3. The molecule has 0 amide bonds. The molecule has 5 heteroatoms. The molecule has 2 heterocycles. The summed E-state index contributed by atoms with van der Waals surface area (Å²) in [5.41, 5.74) is 4.79. The molecule has 0 bridgehead atoms. The number of nitrogens with one attached hydrogen (secondary N) is 2. The highest BCUT2D eigenvalue weighted by molar-refractivity contribution is 6.01. The molecule has 2 N–H and O–H groups in total. The molecule has 0 spiro atoms. The summed E-state index contributed by atoms with van der Waals surface area (Å²) in [5.74, 6) is 1.25. The van der Waals surface area contributed by atoms with Crippen molar-refractivity contribution < 1.29 is 4.39 Å². The van der Waals surface area contributed by atoms with Crippen LogP contribution >= 0.6 is 0 Å². The van der Waals surface area contributed by atoms with Crippen LogP contribution in [0.5, 0.6) is 0 Å². The number of nitrogens with zero attached hydrogens (tertiary/aromatic N) is 2. The van der Waals surface area contributed by atoms with Crippen molar-refractivity contribution in [3.8, 4) is 11.3 Å². The van der Waals surface area contributed by atoms with Crippen molar-refractivity contribution in [2.75, 3.05) is 18.9 Å². The van der Waals surface area contributed by atoms with Gasteiger partial charge in [0.2, 0.25) is 0 Å². The third-order valence-corrected chi connectivity index (χ3v) is 4.69. The number of fused-ring (bicyclic) bond motifs is 1. The predicted molar refractivity (Wildman–Crippen MR) is 117 cm³/mol. The third kappa shape index (κ3) is 4.47. The van der Waals surface area contributed by atoms with Crippen LogP contribution in [0.25, 0.3) is 27.9 Å². The summed E-state index contributed by atoms with van der Waals surface area (Å²) in [6.07, 6.45) is 4.84. The molecule has 0 aliphatic rings. The van der Waals surface area contributed by atoms with Crippen LogP contribution < -0.4 is 5.32 Å². The number of hydrogen-bond donors (Lipinski definition) is 2. The van der Waals surface area contributed by atoms with E-state index >= 15 is 0 Å². The first kappa shape index (κ1) is 19.8. The van der Waals surface area contributed by atoms with E-state index in [0.29, 0.717) is 5.92 Å². The van der Waals surface area contributed by atoms with Gasteiger partial charge in [0.25, 0.3) is 0 Å². The van der Waals surface area contributed by atoms with Crippen LogP contribution in [-0.4, -0.2) is 29.8 Å². The van der Waals surface area contributed by atoms with Crippen molar-refractivity contribution in [1.29, 1.82) is 0 Å². The third-order valence-electron chi connectivity index (χ3n) is 4.69. The lowest BCUT2D eigenvalue weighted by Gasteiger charge is -2.08. The molecule has 3 rings (SSSR count). The predicted octanol–water partition coefficient (Wildman–Crippen LogP) is 5.93. The molecule has 3 aromatic rings. The molecule has 0 atom stereocenters. The lowest BCUT2D eigenvalue weighted by atomic mass is 9.99. The Morgan fingerprint density at radius 1 is 1.21 bits per heavy atom. The Kier molecular flexibility index (Phi) is 6.24. The normalized spacial score (nSPS) is 12.4. The lowest BCUT2D eigenvalue weighted by molar-refractivity contribution is 0.607. The van der Waals surface area contributed by atoms with Crippen LogP contribution in [0.3, 0.4) is 0 Å². The minimum Gasteiger partial charge on any atom is -0.370 e. The highest BCUT2D eigenvalue weighted by Crippen LogP contribution is 2.35. The Balaban J connectivity index is 2.07. The fourth-order valence-corrected chi connectivity index (χ4v) is 3.17. The molecule has 1 aromatic carbocycles. The van der Waals surface area contributed by atoms with E-state index in [1.165, 1.54) is 12.1 Å². The molecule has 28 heavy (non-hydrogen) atoms. The molecule has 0 unspecified atom stereocenters. The van der Waals surface area contributed by atoms with Crippen LogP contribution in [0.1, 0.15) is 32.8 Å². The van der Waals surface area contributed by atoms with Gasteiger partial charge in [-0.1, -0.05) is 13.8 Å². The van der Waals surface area contributed by atoms with Crippen LogP contribution in [0, 0.1) is 11.7 Å². The van der Waals surface area contributed by atoms with E-state index in [1.54, 1.807) is 25.4 Å². The Hall–Kier alpha value is -2.95. The van der Waals surface area contributed by atoms with Crippen molar-refractivity contribution in [3.05, 3.63) is 53.9 Å². The summed E-state index contributed by atoms with van der Waals surface area (Å²) in [6, 6.07) is 10.6. The number of aromatic amines is 1. The minimum absolute atomic E-state index is 0.249. The van der Waals surface area contributed by atoms with Gasteiger partial charge in [0.15, 0.2) is 0 Å². The van der Waals surface area contributed by atoms with Gasteiger partial charge >= 0.3 is 0 Å². The number of anilines is 1. The van der Waals surface area contributed by atoms with Crippen LogP contribution in [-0.2, 0) is 0 Å². The smallest absolute Gasteiger partial charge is 0.140 e. The van der Waals surface area contributed by atoms with Gasteiger partial charge in [0.1, 0.15) is 17.3 Å². The molecule has 146 valence electrons. The van der Waals surface area contributed by atoms with Gasteiger partial charge in [-0.15, -0.1) is 0 Å². The van der Waals surface area contributed by atoms with Crippen LogP contribution in [0.2, 0.25) is 0 Å². The number of allylic oxidation sites excluding steroid dienone is 2. The van der Waals surface area contributed by atoms with Crippen molar-refractivity contribution in [2.45, 2.75) is 27.2 Å². The summed E-state index contributed by atoms with van der Waals surface area (Å²) >= 11 is 0. The van der Waals surface area contributed by atoms with Gasteiger partial charge in [-0.25, -0.2) is 9.37 Å². The van der Waals surface area contributed by atoms with Crippen LogP contribution in [0.15, 0.2) is 47.5 Å². The average molecular weight is 378 g/mol. The lowest BCUT2D eigenvalue weighted by Crippen LogP contribution is -2.05. The molecule has 4 nitrogen and oxygen atoms in total. The van der Waals surface area contributed by atoms with Crippen molar-refractivity contribution in [1.82, 2.24) is 9.97 Å². The fourth-order valence-electron chi connectivity index (χ4n) is 3.17. The molecule has 2 aromatic heterocycles. The maximum absolute atomic E-state index is 13.4. The van der Waals surface area contributed by atoms with Gasteiger partial charge in [-0.2, -0.15) is 0 Å². The van der Waals surface area contributed by atoms with E-state index in [9.17, 15) is 4.39 Å². The van der Waals surface area contributed by atoms with Crippen molar-refractivity contribution in [2.24, 2.45) is 10.9 Å². The first-order valence-electron chi connectivity index (χ1n) is 9.61. The fraction of sp³-hybridized carbons (Fsp3) is 0.304. The highest BCUT2D eigenvalue weighted by atomic mass is 19.1. The molecule has 0 saturated heterocycles. The van der Waals surface area contributed by atoms with E-state index in [2.05, 4.69) is 35.2 Å². The average Bonchev–Trinajstić information content (AvgIpc) is 3.05. The van der Waals surface area contributed by atoms with E-state index in [4.69, 9.17) is 4.98 Å². The molecular weight excluding hydrogens is 351 g/mol. The van der Waals surface area contributed by atoms with Gasteiger partial charge in [-0.3, -0.25) is 4.99 Å². The maximum atomic E-state index is 13.4. The standard InChI is InChI=1S/C23H27FN4/c1-15(2)11-14-26-20-10-9-19-21(16(3)12-13-25-4)22(28-23(19)27-20)17-5-7-18(24)8-6-17/h5-10,12-13,15H,11,14H2,1-4H3,(H2,26,27,28)/b16-12+,25-13?. The minimum atomic E-state index is -0.249. The SMILES string of the molecule is CN=C/C=C(\C)c1c(-c2ccc(F)cc2)[nH]c2nc(NCCC(C)C)ccc12. The zero-order valence-corrected chi connectivity index (χ0v) is 16.9. The number of H-pyrrole nitrogens is 1. The zero-order valence-electron chi connectivity index (χ0n) is 16.9. The van der Waals surface area contributed by atoms with Crippen molar-refractivity contribution in [3.63, 3.8) is 0 Å². The Labute approximate surface area is 165 Å². The number of pyridine rings is 1. The number of rotatable bonds is 7. The van der Waals surface area contributed by atoms with Gasteiger partial charge in [-0.05, 0) is 72.9 Å². The van der Waals surface area contributed by atoms with E-state index in [-0.39, 0.29) is 5.82 Å². The Morgan fingerprint density at radius 2 is 1.96 bits per heavy atom. The van der Waals surface area contributed by atoms with E-state index < -0.39 is 0 Å². The molecule has 0 saturated carbocycles. The molecular formula is C23H27FN4. The summed E-state index contributed by atoms with van der Waals surface area (Å²) < 4.78 is 13.4. The first-order chi connectivity index (χ1) is 13.5. The number of halogens is 1. The quantitative estimate of drug-likeness (QED) is 0.501. The van der Waals surface area contributed by atoms with Gasteiger partial charge in [0, 0.05) is 30.8 Å². The summed E-state index contributed by atoms with van der Waals surface area (Å²) in [5, 5.41) is 4.43. The summed E-state index contributed by atoms with van der Waals surface area (Å²) in [4.78, 5) is 12.3. The topological polar surface area (TPSA) is 53.1 Å².